The molecule has 0 spiro atoms. The highest BCUT2D eigenvalue weighted by molar-refractivity contribution is 4.85. The van der Waals surface area contributed by atoms with Crippen LogP contribution in [0.4, 0.5) is 0 Å². The zero-order valence-corrected chi connectivity index (χ0v) is 9.34. The second-order valence-electron chi connectivity index (χ2n) is 5.32. The lowest BCUT2D eigenvalue weighted by Gasteiger charge is -2.41. The number of hydrogen-bond acceptors (Lipinski definition) is 2. The van der Waals surface area contributed by atoms with Crippen LogP contribution in [-0.4, -0.2) is 34.7 Å². The third kappa shape index (κ3) is 2.48. The van der Waals surface area contributed by atoms with E-state index in [0.29, 0.717) is 0 Å². The Morgan fingerprint density at radius 1 is 1.07 bits per heavy atom. The normalized spacial score (nSPS) is 30.4. The van der Waals surface area contributed by atoms with Gasteiger partial charge in [-0.2, -0.15) is 0 Å². The van der Waals surface area contributed by atoms with Crippen molar-refractivity contribution < 1.29 is 5.11 Å². The second-order valence-corrected chi connectivity index (χ2v) is 5.32. The Hall–Kier alpha value is -0.0800. The minimum Gasteiger partial charge on any atom is -0.390 e. The molecule has 0 aromatic rings. The van der Waals surface area contributed by atoms with Crippen molar-refractivity contribution in [3.8, 4) is 0 Å². The molecule has 0 radical (unpaired) electrons. The van der Waals surface area contributed by atoms with E-state index in [9.17, 15) is 5.11 Å². The maximum Gasteiger partial charge on any atom is 0.0644 e. The van der Waals surface area contributed by atoms with Gasteiger partial charge in [0.2, 0.25) is 0 Å². The zero-order valence-electron chi connectivity index (χ0n) is 9.34. The highest BCUT2D eigenvalue weighted by Gasteiger charge is 2.30. The van der Waals surface area contributed by atoms with Gasteiger partial charge in [0.1, 0.15) is 0 Å². The van der Waals surface area contributed by atoms with Crippen molar-refractivity contribution in [3.05, 3.63) is 0 Å². The van der Waals surface area contributed by atoms with Gasteiger partial charge in [-0.05, 0) is 32.6 Å². The van der Waals surface area contributed by atoms with Crippen molar-refractivity contribution in [1.29, 1.82) is 0 Å². The number of aliphatic hydroxyl groups is 1. The summed E-state index contributed by atoms with van der Waals surface area (Å²) in [5, 5.41) is 9.86. The SMILES string of the molecule is CC1(O)CCN(C2CCCCC2)CC1. The van der Waals surface area contributed by atoms with Crippen LogP contribution in [0, 0.1) is 0 Å². The summed E-state index contributed by atoms with van der Waals surface area (Å²) in [7, 11) is 0. The first kappa shape index (κ1) is 10.4. The van der Waals surface area contributed by atoms with Crippen LogP contribution in [0.3, 0.4) is 0 Å². The predicted molar refractivity (Wildman–Crippen MR) is 58.3 cm³/mol. The summed E-state index contributed by atoms with van der Waals surface area (Å²) < 4.78 is 0. The molecule has 0 atom stereocenters. The third-order valence-corrected chi connectivity index (χ3v) is 3.97. The van der Waals surface area contributed by atoms with E-state index < -0.39 is 0 Å². The molecule has 0 aromatic heterocycles. The Labute approximate surface area is 87.3 Å². The highest BCUT2D eigenvalue weighted by Crippen LogP contribution is 2.28. The molecule has 0 aromatic carbocycles. The fourth-order valence-electron chi connectivity index (χ4n) is 2.82. The van der Waals surface area contributed by atoms with Crippen LogP contribution in [0.15, 0.2) is 0 Å². The average Bonchev–Trinajstić information content (AvgIpc) is 2.19. The maximum absolute atomic E-state index is 9.86. The van der Waals surface area contributed by atoms with E-state index in [1.165, 1.54) is 32.1 Å². The molecule has 14 heavy (non-hydrogen) atoms. The van der Waals surface area contributed by atoms with Gasteiger partial charge in [-0.3, -0.25) is 0 Å². The van der Waals surface area contributed by atoms with Gasteiger partial charge < -0.3 is 10.0 Å². The summed E-state index contributed by atoms with van der Waals surface area (Å²) in [5.41, 5.74) is -0.384. The molecule has 2 nitrogen and oxygen atoms in total. The monoisotopic (exact) mass is 197 g/mol. The molecule has 1 heterocycles. The van der Waals surface area contributed by atoms with Gasteiger partial charge in [0.05, 0.1) is 5.60 Å². The molecule has 1 aliphatic carbocycles. The zero-order chi connectivity index (χ0) is 10.0. The second kappa shape index (κ2) is 4.19. The first-order valence-corrected chi connectivity index (χ1v) is 6.14. The number of nitrogens with zero attached hydrogens (tertiary/aromatic N) is 1. The lowest BCUT2D eigenvalue weighted by Crippen LogP contribution is -2.47. The van der Waals surface area contributed by atoms with Crippen LogP contribution in [0.2, 0.25) is 0 Å². The van der Waals surface area contributed by atoms with E-state index in [1.807, 2.05) is 6.92 Å². The predicted octanol–water partition coefficient (Wildman–Crippen LogP) is 2.17. The molecule has 2 rings (SSSR count). The van der Waals surface area contributed by atoms with Crippen LogP contribution in [0.5, 0.6) is 0 Å². The van der Waals surface area contributed by atoms with Crippen LogP contribution < -0.4 is 0 Å². The topological polar surface area (TPSA) is 23.5 Å². The molecular formula is C12H23NO. The summed E-state index contributed by atoms with van der Waals surface area (Å²) >= 11 is 0. The number of hydrogen-bond donors (Lipinski definition) is 1. The number of piperidine rings is 1. The number of likely N-dealkylation sites (tertiary alicyclic amines) is 1. The summed E-state index contributed by atoms with van der Waals surface area (Å²) in [6, 6.07) is 0.833. The largest absolute Gasteiger partial charge is 0.390 e. The standard InChI is InChI=1S/C12H23NO/c1-12(14)7-9-13(10-8-12)11-5-3-2-4-6-11/h11,14H,2-10H2,1H3. The molecule has 0 unspecified atom stereocenters. The summed E-state index contributed by atoms with van der Waals surface area (Å²) in [6.45, 7) is 4.19. The molecule has 82 valence electrons. The quantitative estimate of drug-likeness (QED) is 0.696. The minimum absolute atomic E-state index is 0.384. The Kier molecular flexibility index (Phi) is 3.13. The molecule has 1 aliphatic heterocycles. The molecule has 2 heteroatoms. The molecule has 0 bridgehead atoms. The van der Waals surface area contributed by atoms with E-state index in [-0.39, 0.29) is 5.60 Å². The Morgan fingerprint density at radius 3 is 2.21 bits per heavy atom. The first-order valence-electron chi connectivity index (χ1n) is 6.14. The van der Waals surface area contributed by atoms with Gasteiger partial charge in [0, 0.05) is 19.1 Å². The Bertz CT molecular complexity index is 175. The van der Waals surface area contributed by atoms with E-state index >= 15 is 0 Å². The lowest BCUT2D eigenvalue weighted by molar-refractivity contribution is -0.0207. The fraction of sp³-hybridized carbons (Fsp3) is 1.00. The average molecular weight is 197 g/mol. The molecule has 2 fully saturated rings. The van der Waals surface area contributed by atoms with Crippen molar-refractivity contribution in [1.82, 2.24) is 4.90 Å². The molecule has 1 saturated heterocycles. The molecule has 1 N–H and O–H groups in total. The fourth-order valence-corrected chi connectivity index (χ4v) is 2.82. The smallest absolute Gasteiger partial charge is 0.0644 e. The van der Waals surface area contributed by atoms with Crippen LogP contribution in [0.1, 0.15) is 51.9 Å². The summed E-state index contributed by atoms with van der Waals surface area (Å²) in [6.07, 6.45) is 8.97. The van der Waals surface area contributed by atoms with Crippen molar-refractivity contribution >= 4 is 0 Å². The first-order chi connectivity index (χ1) is 6.67. The maximum atomic E-state index is 9.86. The van der Waals surface area contributed by atoms with Crippen molar-refractivity contribution in [2.75, 3.05) is 13.1 Å². The minimum atomic E-state index is -0.384. The van der Waals surface area contributed by atoms with Crippen LogP contribution in [-0.2, 0) is 0 Å². The van der Waals surface area contributed by atoms with Gasteiger partial charge in [-0.25, -0.2) is 0 Å². The lowest BCUT2D eigenvalue weighted by atomic mass is 9.89. The Morgan fingerprint density at radius 2 is 1.64 bits per heavy atom. The molecule has 2 aliphatic rings. The van der Waals surface area contributed by atoms with E-state index in [2.05, 4.69) is 4.90 Å². The van der Waals surface area contributed by atoms with Crippen molar-refractivity contribution in [2.24, 2.45) is 0 Å². The molecule has 1 saturated carbocycles. The van der Waals surface area contributed by atoms with Gasteiger partial charge in [-0.15, -0.1) is 0 Å². The van der Waals surface area contributed by atoms with Crippen LogP contribution in [0.25, 0.3) is 0 Å². The van der Waals surface area contributed by atoms with E-state index in [1.54, 1.807) is 0 Å². The third-order valence-electron chi connectivity index (χ3n) is 3.97. The summed E-state index contributed by atoms with van der Waals surface area (Å²) in [4.78, 5) is 2.61. The van der Waals surface area contributed by atoms with Crippen molar-refractivity contribution in [2.45, 2.75) is 63.5 Å². The van der Waals surface area contributed by atoms with E-state index in [0.717, 1.165) is 32.0 Å². The van der Waals surface area contributed by atoms with Gasteiger partial charge in [0.15, 0.2) is 0 Å². The van der Waals surface area contributed by atoms with Gasteiger partial charge >= 0.3 is 0 Å². The highest BCUT2D eigenvalue weighted by atomic mass is 16.3. The van der Waals surface area contributed by atoms with Crippen molar-refractivity contribution in [3.63, 3.8) is 0 Å². The number of rotatable bonds is 1. The molecule has 0 amide bonds. The molecular weight excluding hydrogens is 174 g/mol. The van der Waals surface area contributed by atoms with Gasteiger partial charge in [-0.1, -0.05) is 19.3 Å². The summed E-state index contributed by atoms with van der Waals surface area (Å²) in [5.74, 6) is 0. The van der Waals surface area contributed by atoms with E-state index in [4.69, 9.17) is 0 Å². The Balaban J connectivity index is 1.82. The van der Waals surface area contributed by atoms with Crippen LogP contribution >= 0.6 is 0 Å². The van der Waals surface area contributed by atoms with Gasteiger partial charge in [0.25, 0.3) is 0 Å².